The third kappa shape index (κ3) is 3.37. The number of aromatic nitrogens is 3. The van der Waals surface area contributed by atoms with Crippen LogP contribution in [0, 0.1) is 0 Å². The summed E-state index contributed by atoms with van der Waals surface area (Å²) in [5.74, 6) is -0.253. The number of amides is 1. The van der Waals surface area contributed by atoms with E-state index in [2.05, 4.69) is 15.4 Å². The molecule has 1 unspecified atom stereocenters. The zero-order valence-corrected chi connectivity index (χ0v) is 12.8. The normalized spacial score (nSPS) is 12.3. The number of carbonyl (C=O) groups is 1. The van der Waals surface area contributed by atoms with Gasteiger partial charge in [0.1, 0.15) is 0 Å². The Balaban J connectivity index is 1.84. The van der Waals surface area contributed by atoms with Crippen molar-refractivity contribution in [3.8, 4) is 0 Å². The molecule has 0 fully saturated rings. The molecule has 2 heterocycles. The highest BCUT2D eigenvalue weighted by Crippen LogP contribution is 2.14. The molecule has 0 saturated heterocycles. The van der Waals surface area contributed by atoms with Crippen LogP contribution in [0.25, 0.3) is 11.0 Å². The van der Waals surface area contributed by atoms with Crippen LogP contribution >= 0.6 is 0 Å². The molecule has 6 heteroatoms. The van der Waals surface area contributed by atoms with Crippen LogP contribution < -0.4 is 5.32 Å². The highest BCUT2D eigenvalue weighted by atomic mass is 16.3. The lowest BCUT2D eigenvalue weighted by Gasteiger charge is -2.10. The molecule has 3 aromatic rings. The van der Waals surface area contributed by atoms with E-state index in [4.69, 9.17) is 5.11 Å². The van der Waals surface area contributed by atoms with E-state index in [1.807, 2.05) is 35.0 Å². The number of hydrogen-bond donors (Lipinski definition) is 2. The molecule has 2 aromatic heterocycles. The molecule has 3 rings (SSSR count). The third-order valence-electron chi connectivity index (χ3n) is 3.56. The first-order chi connectivity index (χ1) is 11.2. The van der Waals surface area contributed by atoms with Crippen molar-refractivity contribution >= 4 is 16.9 Å². The second-order valence-corrected chi connectivity index (χ2v) is 5.48. The molecule has 6 nitrogen and oxygen atoms in total. The summed E-state index contributed by atoms with van der Waals surface area (Å²) in [6.07, 6.45) is 3.24. The molecular formula is C17H18N4O2. The summed E-state index contributed by atoms with van der Waals surface area (Å²) in [7, 11) is 0. The van der Waals surface area contributed by atoms with Gasteiger partial charge in [-0.2, -0.15) is 5.10 Å². The van der Waals surface area contributed by atoms with E-state index >= 15 is 0 Å². The molecule has 0 aliphatic heterocycles. The van der Waals surface area contributed by atoms with E-state index in [0.29, 0.717) is 12.1 Å². The second kappa shape index (κ2) is 6.58. The Morgan fingerprint density at radius 3 is 2.83 bits per heavy atom. The van der Waals surface area contributed by atoms with E-state index < -0.39 is 0 Å². The van der Waals surface area contributed by atoms with Gasteiger partial charge >= 0.3 is 0 Å². The molecule has 23 heavy (non-hydrogen) atoms. The number of aliphatic hydroxyl groups excluding tert-OH is 1. The summed E-state index contributed by atoms with van der Waals surface area (Å²) in [6, 6.07) is 11.5. The Hall–Kier alpha value is -2.73. The van der Waals surface area contributed by atoms with Gasteiger partial charge < -0.3 is 10.4 Å². The SMILES string of the molecule is CC(CO)NC(=O)c1cnc2c(cnn2Cc2ccccc2)c1. The van der Waals surface area contributed by atoms with Crippen molar-refractivity contribution in [3.63, 3.8) is 0 Å². The molecule has 0 radical (unpaired) electrons. The third-order valence-corrected chi connectivity index (χ3v) is 3.56. The number of benzene rings is 1. The zero-order chi connectivity index (χ0) is 16.2. The molecule has 0 spiro atoms. The number of nitrogens with zero attached hydrogens (tertiary/aromatic N) is 3. The Labute approximate surface area is 133 Å². The van der Waals surface area contributed by atoms with Crippen LogP contribution in [0.1, 0.15) is 22.8 Å². The molecule has 0 saturated carbocycles. The monoisotopic (exact) mass is 310 g/mol. The van der Waals surface area contributed by atoms with E-state index in [1.165, 1.54) is 6.20 Å². The number of hydrogen-bond acceptors (Lipinski definition) is 4. The summed E-state index contributed by atoms with van der Waals surface area (Å²) < 4.78 is 1.81. The fraction of sp³-hybridized carbons (Fsp3) is 0.235. The summed E-state index contributed by atoms with van der Waals surface area (Å²) in [5, 5.41) is 16.9. The average molecular weight is 310 g/mol. The average Bonchev–Trinajstić information content (AvgIpc) is 2.98. The van der Waals surface area contributed by atoms with Gasteiger partial charge in [-0.15, -0.1) is 0 Å². The van der Waals surface area contributed by atoms with Gasteiger partial charge in [0.2, 0.25) is 0 Å². The van der Waals surface area contributed by atoms with Crippen LogP contribution in [-0.2, 0) is 6.54 Å². The van der Waals surface area contributed by atoms with Gasteiger partial charge in [-0.3, -0.25) is 4.79 Å². The minimum absolute atomic E-state index is 0.101. The smallest absolute Gasteiger partial charge is 0.253 e. The maximum atomic E-state index is 12.1. The largest absolute Gasteiger partial charge is 0.394 e. The van der Waals surface area contributed by atoms with Crippen molar-refractivity contribution in [1.82, 2.24) is 20.1 Å². The van der Waals surface area contributed by atoms with Crippen molar-refractivity contribution in [2.45, 2.75) is 19.5 Å². The number of carbonyl (C=O) groups excluding carboxylic acids is 1. The number of nitrogens with one attached hydrogen (secondary N) is 1. The maximum Gasteiger partial charge on any atom is 0.253 e. The Morgan fingerprint density at radius 1 is 1.30 bits per heavy atom. The van der Waals surface area contributed by atoms with Gasteiger partial charge in [0.15, 0.2) is 5.65 Å². The molecule has 1 aromatic carbocycles. The first-order valence-electron chi connectivity index (χ1n) is 7.44. The van der Waals surface area contributed by atoms with Crippen LogP contribution in [0.3, 0.4) is 0 Å². The lowest BCUT2D eigenvalue weighted by molar-refractivity contribution is 0.0922. The maximum absolute atomic E-state index is 12.1. The first-order valence-corrected chi connectivity index (χ1v) is 7.44. The Kier molecular flexibility index (Phi) is 4.34. The molecule has 1 atom stereocenters. The van der Waals surface area contributed by atoms with Crippen molar-refractivity contribution in [2.75, 3.05) is 6.61 Å². The molecule has 2 N–H and O–H groups in total. The quantitative estimate of drug-likeness (QED) is 0.750. The standard InChI is InChI=1S/C17H18N4O2/c1-12(11-22)20-17(23)15-7-14-9-19-21(16(14)18-8-15)10-13-5-3-2-4-6-13/h2-9,12,22H,10-11H2,1H3,(H,20,23). The number of aliphatic hydroxyl groups is 1. The number of pyridine rings is 1. The summed E-state index contributed by atoms with van der Waals surface area (Å²) in [5.41, 5.74) is 2.33. The molecule has 0 aliphatic carbocycles. The predicted molar refractivity (Wildman–Crippen MR) is 87.1 cm³/mol. The predicted octanol–water partition coefficient (Wildman–Crippen LogP) is 1.59. The van der Waals surface area contributed by atoms with Gasteiger partial charge in [0.05, 0.1) is 24.9 Å². The van der Waals surface area contributed by atoms with Crippen LogP contribution in [0.2, 0.25) is 0 Å². The van der Waals surface area contributed by atoms with E-state index in [-0.39, 0.29) is 18.6 Å². The highest BCUT2D eigenvalue weighted by molar-refractivity contribution is 5.96. The lowest BCUT2D eigenvalue weighted by Crippen LogP contribution is -2.35. The van der Waals surface area contributed by atoms with Crippen LogP contribution in [0.5, 0.6) is 0 Å². The van der Waals surface area contributed by atoms with Crippen LogP contribution in [0.4, 0.5) is 0 Å². The number of fused-ring (bicyclic) bond motifs is 1. The van der Waals surface area contributed by atoms with Crippen molar-refractivity contribution < 1.29 is 9.90 Å². The summed E-state index contributed by atoms with van der Waals surface area (Å²) in [6.45, 7) is 2.27. The fourth-order valence-electron chi connectivity index (χ4n) is 2.32. The van der Waals surface area contributed by atoms with Gasteiger partial charge in [-0.05, 0) is 18.6 Å². The lowest BCUT2D eigenvalue weighted by atomic mass is 10.2. The van der Waals surface area contributed by atoms with Crippen molar-refractivity contribution in [3.05, 3.63) is 59.9 Å². The molecule has 1 amide bonds. The summed E-state index contributed by atoms with van der Waals surface area (Å²) in [4.78, 5) is 16.4. The Bertz CT molecular complexity index is 814. The zero-order valence-electron chi connectivity index (χ0n) is 12.8. The Morgan fingerprint density at radius 2 is 2.09 bits per heavy atom. The molecule has 118 valence electrons. The first kappa shape index (κ1) is 15.2. The van der Waals surface area contributed by atoms with Crippen molar-refractivity contribution in [2.24, 2.45) is 0 Å². The van der Waals surface area contributed by atoms with Gasteiger partial charge in [0.25, 0.3) is 5.91 Å². The van der Waals surface area contributed by atoms with Crippen LogP contribution in [-0.4, -0.2) is 38.4 Å². The van der Waals surface area contributed by atoms with E-state index in [0.717, 1.165) is 16.6 Å². The van der Waals surface area contributed by atoms with Crippen molar-refractivity contribution in [1.29, 1.82) is 0 Å². The van der Waals surface area contributed by atoms with Gasteiger partial charge in [-0.1, -0.05) is 30.3 Å². The van der Waals surface area contributed by atoms with Gasteiger partial charge in [0, 0.05) is 17.6 Å². The highest BCUT2D eigenvalue weighted by Gasteiger charge is 2.12. The molecule has 0 bridgehead atoms. The second-order valence-electron chi connectivity index (χ2n) is 5.48. The molecule has 0 aliphatic rings. The van der Waals surface area contributed by atoms with Gasteiger partial charge in [-0.25, -0.2) is 9.67 Å². The topological polar surface area (TPSA) is 80.0 Å². The summed E-state index contributed by atoms with van der Waals surface area (Å²) >= 11 is 0. The number of rotatable bonds is 5. The van der Waals surface area contributed by atoms with E-state index in [1.54, 1.807) is 19.2 Å². The fourth-order valence-corrected chi connectivity index (χ4v) is 2.32. The minimum Gasteiger partial charge on any atom is -0.394 e. The van der Waals surface area contributed by atoms with E-state index in [9.17, 15) is 4.79 Å². The molecular weight excluding hydrogens is 292 g/mol. The minimum atomic E-state index is -0.293. The van der Waals surface area contributed by atoms with Crippen LogP contribution in [0.15, 0.2) is 48.8 Å².